The third-order valence-electron chi connectivity index (χ3n) is 11.5. The summed E-state index contributed by atoms with van der Waals surface area (Å²) >= 11 is 0. The zero-order chi connectivity index (χ0) is 45.8. The van der Waals surface area contributed by atoms with Crippen molar-refractivity contribution < 1.29 is 33.6 Å². The highest BCUT2D eigenvalue weighted by Crippen LogP contribution is 2.42. The first kappa shape index (κ1) is 46.1. The number of hydrogen-bond donors (Lipinski definition) is 4. The second kappa shape index (κ2) is 21.6. The van der Waals surface area contributed by atoms with E-state index in [2.05, 4.69) is 25.6 Å². The number of carbonyl (C=O) groups is 2. The number of benzene rings is 3. The van der Waals surface area contributed by atoms with Crippen molar-refractivity contribution in [3.05, 3.63) is 176 Å². The van der Waals surface area contributed by atoms with Gasteiger partial charge in [0.25, 0.3) is 5.56 Å². The number of aliphatic hydroxyl groups excluding tert-OH is 1. The Morgan fingerprint density at radius 3 is 2.03 bits per heavy atom. The maximum absolute atomic E-state index is 13.1. The number of rotatable bonds is 20. The molecule has 3 aromatic carbocycles. The van der Waals surface area contributed by atoms with Crippen molar-refractivity contribution in [1.29, 1.82) is 0 Å². The normalized spacial score (nSPS) is 15.9. The summed E-state index contributed by atoms with van der Waals surface area (Å²) < 4.78 is 25.4. The number of nitrogens with zero attached hydrogens (tertiary/aromatic N) is 3. The van der Waals surface area contributed by atoms with E-state index in [9.17, 15) is 24.3 Å². The van der Waals surface area contributed by atoms with Crippen molar-refractivity contribution in [2.24, 2.45) is 0 Å². The average molecular weight is 883 g/mol. The molecule has 1 saturated heterocycles. The molecule has 1 aliphatic rings. The van der Waals surface area contributed by atoms with Crippen molar-refractivity contribution in [1.82, 2.24) is 30.2 Å². The number of aromatic nitrogens is 4. The Balaban J connectivity index is 0.924. The van der Waals surface area contributed by atoms with Crippen molar-refractivity contribution >= 4 is 11.8 Å². The number of aromatic amines is 1. The lowest BCUT2D eigenvalue weighted by Crippen LogP contribution is -2.38. The molecule has 3 atom stereocenters. The van der Waals surface area contributed by atoms with Crippen molar-refractivity contribution in [2.75, 3.05) is 33.9 Å². The van der Waals surface area contributed by atoms with Crippen LogP contribution in [0.5, 0.6) is 11.5 Å². The Morgan fingerprint density at radius 2 is 1.40 bits per heavy atom. The summed E-state index contributed by atoms with van der Waals surface area (Å²) in [6.07, 6.45) is 3.79. The minimum absolute atomic E-state index is 0.0373. The zero-order valence-electron chi connectivity index (χ0n) is 36.7. The van der Waals surface area contributed by atoms with E-state index in [1.54, 1.807) is 26.6 Å². The number of aryl methyl sites for hydroxylation is 3. The van der Waals surface area contributed by atoms with E-state index in [1.165, 1.54) is 10.8 Å². The van der Waals surface area contributed by atoms with Crippen LogP contribution in [0.1, 0.15) is 65.3 Å². The molecule has 4 heterocycles. The second-order valence-electron chi connectivity index (χ2n) is 15.9. The highest BCUT2D eigenvalue weighted by Gasteiger charge is 2.42. The van der Waals surface area contributed by atoms with Gasteiger partial charge in [-0.25, -0.2) is 4.79 Å². The summed E-state index contributed by atoms with van der Waals surface area (Å²) in [5, 5.41) is 16.9. The molecule has 3 unspecified atom stereocenters. The Kier molecular flexibility index (Phi) is 15.3. The van der Waals surface area contributed by atoms with E-state index in [0.717, 1.165) is 39.2 Å². The molecular formula is C50H54N6O9. The second-order valence-corrected chi connectivity index (χ2v) is 15.9. The van der Waals surface area contributed by atoms with Gasteiger partial charge in [-0.05, 0) is 103 Å². The lowest BCUT2D eigenvalue weighted by molar-refractivity contribution is -0.122. The van der Waals surface area contributed by atoms with E-state index in [-0.39, 0.29) is 56.3 Å². The lowest BCUT2D eigenvalue weighted by Gasteiger charge is -2.37. The van der Waals surface area contributed by atoms with Gasteiger partial charge in [0.2, 0.25) is 11.8 Å². The minimum Gasteiger partial charge on any atom is -0.497 e. The van der Waals surface area contributed by atoms with Gasteiger partial charge in [-0.15, -0.1) is 0 Å². The molecule has 7 rings (SSSR count). The van der Waals surface area contributed by atoms with Crippen LogP contribution in [0.2, 0.25) is 0 Å². The van der Waals surface area contributed by atoms with Crippen LogP contribution in [0.25, 0.3) is 11.4 Å². The summed E-state index contributed by atoms with van der Waals surface area (Å²) in [6, 6.07) is 32.7. The molecule has 0 radical (unpaired) electrons. The quantitative estimate of drug-likeness (QED) is 0.0584. The molecule has 0 spiro atoms. The number of ether oxygens (including phenoxy) is 4. The van der Waals surface area contributed by atoms with Crippen LogP contribution in [0.4, 0.5) is 0 Å². The fourth-order valence-electron chi connectivity index (χ4n) is 7.96. The first-order chi connectivity index (χ1) is 31.6. The standard InChI is InChI=1S/C50H54N6O9/c1-33-22-24-51-41(28-33)42-29-34(23-25-52-42)8-7-11-45(58)53-26-27-54-46(59)21-12-35-31-56(49(61)55-48(35)60)47-30-43(57)44(65-47)32-64-50(36-9-5-4-6-10-36,37-13-17-39(62-2)18-14-37)38-15-19-40(63-3)20-16-38/h4-6,9-10,13-20,22-25,28-29,31,43-44,47,57H,7-8,11-12,21,26-27,30,32H2,1-3H3,(H,53,58)(H,54,59)(H,55,60,61). The highest BCUT2D eigenvalue weighted by molar-refractivity contribution is 5.77. The maximum Gasteiger partial charge on any atom is 0.330 e. The molecule has 1 aliphatic heterocycles. The predicted molar refractivity (Wildman–Crippen MR) is 244 cm³/mol. The van der Waals surface area contributed by atoms with Crippen LogP contribution in [0.3, 0.4) is 0 Å². The first-order valence-electron chi connectivity index (χ1n) is 21.6. The third-order valence-corrected chi connectivity index (χ3v) is 11.5. The number of pyridine rings is 2. The van der Waals surface area contributed by atoms with Gasteiger partial charge in [-0.2, -0.15) is 0 Å². The summed E-state index contributed by atoms with van der Waals surface area (Å²) in [4.78, 5) is 62.4. The SMILES string of the molecule is COc1ccc(C(OCC2OC(n3cc(CCC(=O)NCCNC(=O)CCCc4ccnc(-c5cc(C)ccn5)c4)c(=O)[nH]c3=O)CC2O)(c2ccccc2)c2ccc(OC)cc2)cc1. The number of H-pyrrole nitrogens is 1. The first-order valence-corrected chi connectivity index (χ1v) is 21.6. The molecular weight excluding hydrogens is 829 g/mol. The third kappa shape index (κ3) is 11.4. The number of methoxy groups -OCH3 is 2. The molecule has 4 N–H and O–H groups in total. The topological polar surface area (TPSA) is 196 Å². The summed E-state index contributed by atoms with van der Waals surface area (Å²) in [6.45, 7) is 2.38. The smallest absolute Gasteiger partial charge is 0.330 e. The predicted octanol–water partition coefficient (Wildman–Crippen LogP) is 5.16. The maximum atomic E-state index is 13.1. The average Bonchev–Trinajstić information content (AvgIpc) is 3.70. The van der Waals surface area contributed by atoms with Gasteiger partial charge < -0.3 is 34.7 Å². The van der Waals surface area contributed by atoms with Crippen LogP contribution in [-0.4, -0.2) is 82.6 Å². The molecule has 0 bridgehead atoms. The van der Waals surface area contributed by atoms with Crippen LogP contribution in [-0.2, 0) is 37.5 Å². The van der Waals surface area contributed by atoms with E-state index < -0.39 is 35.3 Å². The molecule has 0 aliphatic carbocycles. The Morgan fingerprint density at radius 1 is 0.800 bits per heavy atom. The van der Waals surface area contributed by atoms with E-state index in [0.29, 0.717) is 30.8 Å². The molecule has 338 valence electrons. The monoisotopic (exact) mass is 882 g/mol. The highest BCUT2D eigenvalue weighted by atomic mass is 16.6. The van der Waals surface area contributed by atoms with Crippen LogP contribution in [0, 0.1) is 6.92 Å². The number of nitrogens with one attached hydrogen (secondary N) is 3. The lowest BCUT2D eigenvalue weighted by atomic mass is 9.80. The largest absolute Gasteiger partial charge is 0.497 e. The molecule has 65 heavy (non-hydrogen) atoms. The van der Waals surface area contributed by atoms with Gasteiger partial charge >= 0.3 is 5.69 Å². The van der Waals surface area contributed by atoms with Gasteiger partial charge in [0, 0.05) is 56.5 Å². The zero-order valence-corrected chi connectivity index (χ0v) is 36.7. The van der Waals surface area contributed by atoms with Gasteiger partial charge in [0.15, 0.2) is 0 Å². The van der Waals surface area contributed by atoms with Crippen LogP contribution in [0.15, 0.2) is 131 Å². The van der Waals surface area contributed by atoms with Crippen molar-refractivity contribution in [3.63, 3.8) is 0 Å². The van der Waals surface area contributed by atoms with Gasteiger partial charge in [0.05, 0.1) is 38.3 Å². The van der Waals surface area contributed by atoms with Crippen molar-refractivity contribution in [3.8, 4) is 22.9 Å². The molecule has 6 aromatic rings. The molecule has 3 aromatic heterocycles. The van der Waals surface area contributed by atoms with E-state index in [4.69, 9.17) is 18.9 Å². The number of amides is 2. The molecule has 1 fully saturated rings. The molecule has 15 nitrogen and oxygen atoms in total. The Labute approximate surface area is 376 Å². The summed E-state index contributed by atoms with van der Waals surface area (Å²) in [7, 11) is 3.20. The molecule has 0 saturated carbocycles. The Hall–Kier alpha value is -6.94. The Bertz CT molecular complexity index is 2600. The molecule has 2 amide bonds. The minimum atomic E-state index is -1.16. The van der Waals surface area contributed by atoms with Crippen LogP contribution < -0.4 is 31.4 Å². The van der Waals surface area contributed by atoms with E-state index >= 15 is 0 Å². The summed E-state index contributed by atoms with van der Waals surface area (Å²) in [5.74, 6) is 0.895. The number of hydrogen-bond acceptors (Lipinski definition) is 11. The van der Waals surface area contributed by atoms with Crippen LogP contribution >= 0.6 is 0 Å². The fourth-order valence-corrected chi connectivity index (χ4v) is 7.96. The van der Waals surface area contributed by atoms with E-state index in [1.807, 2.05) is 110 Å². The summed E-state index contributed by atoms with van der Waals surface area (Å²) in [5.41, 5.74) is 3.88. The number of carbonyl (C=O) groups excluding carboxylic acids is 2. The van der Waals surface area contributed by atoms with Gasteiger partial charge in [-0.3, -0.25) is 33.9 Å². The number of aliphatic hydroxyl groups is 1. The molecule has 15 heteroatoms. The van der Waals surface area contributed by atoms with Gasteiger partial charge in [0.1, 0.15) is 29.4 Å². The fraction of sp³-hybridized carbons (Fsp3) is 0.320. The van der Waals surface area contributed by atoms with Gasteiger partial charge in [-0.1, -0.05) is 54.6 Å². The van der Waals surface area contributed by atoms with Crippen molar-refractivity contribution in [2.45, 2.75) is 69.5 Å².